The Hall–Kier alpha value is -0.880. The largest absolute Gasteiger partial charge is 0.609 e. The summed E-state index contributed by atoms with van der Waals surface area (Å²) in [4.78, 5) is 33.1. The van der Waals surface area contributed by atoms with Gasteiger partial charge in [0.1, 0.15) is 0 Å². The first-order valence-corrected chi connectivity index (χ1v) is 5.88. The quantitative estimate of drug-likeness (QED) is 0.662. The molecule has 0 spiro atoms. The molecule has 5 nitrogen and oxygen atoms in total. The molecule has 0 aliphatic heterocycles. The molecule has 1 saturated carbocycles. The summed E-state index contributed by atoms with van der Waals surface area (Å²) in [6.45, 7) is 1.20. The second kappa shape index (κ2) is 4.76. The number of hydrogen-bond acceptors (Lipinski definition) is 4. The number of rotatable bonds is 3. The first-order valence-electron chi connectivity index (χ1n) is 4.66. The molecule has 3 unspecified atom stereocenters. The van der Waals surface area contributed by atoms with Crippen molar-refractivity contribution < 1.29 is 18.9 Å². The summed E-state index contributed by atoms with van der Waals surface area (Å²) in [6, 6.07) is 0. The maximum Gasteiger partial charge on any atom is 0.326 e. The van der Waals surface area contributed by atoms with Crippen LogP contribution in [-0.4, -0.2) is 26.6 Å². The Labute approximate surface area is 90.6 Å². The van der Waals surface area contributed by atoms with Crippen molar-refractivity contribution in [1.29, 1.82) is 0 Å². The minimum Gasteiger partial charge on any atom is -0.609 e. The molecule has 1 aliphatic rings. The maximum atomic E-state index is 11.6. The summed E-state index contributed by atoms with van der Waals surface area (Å²) in [5.74, 6) is -1.25. The van der Waals surface area contributed by atoms with Gasteiger partial charge in [-0.3, -0.25) is 9.59 Å². The Morgan fingerprint density at radius 3 is 2.60 bits per heavy atom. The van der Waals surface area contributed by atoms with E-state index in [0.717, 1.165) is 0 Å². The molecule has 0 aromatic rings. The van der Waals surface area contributed by atoms with Crippen molar-refractivity contribution >= 4 is 28.0 Å². The molecule has 6 heteroatoms. The monoisotopic (exact) mass is 231 g/mol. The molecular weight excluding hydrogens is 218 g/mol. The topological polar surface area (TPSA) is 100 Å². The van der Waals surface area contributed by atoms with Crippen molar-refractivity contribution in [2.24, 2.45) is 11.7 Å². The van der Waals surface area contributed by atoms with Crippen LogP contribution in [0.1, 0.15) is 26.2 Å². The van der Waals surface area contributed by atoms with Gasteiger partial charge in [0.2, 0.25) is 5.91 Å². The maximum absolute atomic E-state index is 11.6. The summed E-state index contributed by atoms with van der Waals surface area (Å²) in [7, 11) is 0. The molecule has 2 N–H and O–H groups in total. The third-order valence-corrected chi connectivity index (χ3v) is 4.04. The van der Waals surface area contributed by atoms with Crippen LogP contribution in [0.15, 0.2) is 0 Å². The Morgan fingerprint density at radius 2 is 2.13 bits per heavy atom. The average Bonchev–Trinajstić information content (AvgIpc) is 2.46. The van der Waals surface area contributed by atoms with Crippen LogP contribution < -0.4 is 5.73 Å². The summed E-state index contributed by atoms with van der Waals surface area (Å²) in [5, 5.41) is -1.22. The second-order valence-electron chi connectivity index (χ2n) is 3.62. The first-order chi connectivity index (χ1) is 6.93. The highest BCUT2D eigenvalue weighted by Gasteiger charge is 2.43. The van der Waals surface area contributed by atoms with Gasteiger partial charge in [-0.25, -0.2) is 4.79 Å². The lowest BCUT2D eigenvalue weighted by Crippen LogP contribution is -2.33. The van der Waals surface area contributed by atoms with Gasteiger partial charge in [-0.15, -0.1) is 0 Å². The van der Waals surface area contributed by atoms with Crippen LogP contribution in [0.3, 0.4) is 0 Å². The van der Waals surface area contributed by atoms with Gasteiger partial charge in [0.05, 0.1) is 0 Å². The molecule has 0 aromatic heterocycles. The highest BCUT2D eigenvalue weighted by molar-refractivity contribution is 8.07. The van der Waals surface area contributed by atoms with Crippen molar-refractivity contribution in [3.05, 3.63) is 0 Å². The number of Topliss-reactive ketones (excluding diaryl/α,β-unsaturated/α-hetero) is 1. The van der Waals surface area contributed by atoms with Crippen LogP contribution in [0.4, 0.5) is 0 Å². The number of carbonyl (C=O) groups is 3. The van der Waals surface area contributed by atoms with E-state index in [2.05, 4.69) is 0 Å². The first kappa shape index (κ1) is 12.2. The highest BCUT2D eigenvalue weighted by atomic mass is 32.2. The van der Waals surface area contributed by atoms with Crippen LogP contribution in [0.5, 0.6) is 0 Å². The average molecular weight is 231 g/mol. The lowest BCUT2D eigenvalue weighted by Gasteiger charge is -2.12. The van der Waals surface area contributed by atoms with E-state index in [-0.39, 0.29) is 12.2 Å². The van der Waals surface area contributed by atoms with E-state index in [1.165, 1.54) is 6.92 Å². The van der Waals surface area contributed by atoms with Crippen LogP contribution in [0, 0.1) is 5.92 Å². The standard InChI is InChI=1S/C9H13NO4S/c1-5(11)15(14)7-3-2-6(9(7)13)4-8(10)12/h6-7H,2-4H2,1H3,(H2,10,12). The highest BCUT2D eigenvalue weighted by Crippen LogP contribution is 2.29. The van der Waals surface area contributed by atoms with Crippen LogP contribution in [0.25, 0.3) is 0 Å². The van der Waals surface area contributed by atoms with Crippen molar-refractivity contribution in [2.45, 2.75) is 31.4 Å². The summed E-state index contributed by atoms with van der Waals surface area (Å²) in [5.41, 5.74) is 4.98. The van der Waals surface area contributed by atoms with Gasteiger partial charge in [-0.1, -0.05) is 0 Å². The van der Waals surface area contributed by atoms with Crippen molar-refractivity contribution in [3.63, 3.8) is 0 Å². The van der Waals surface area contributed by atoms with Gasteiger partial charge in [0, 0.05) is 36.9 Å². The van der Waals surface area contributed by atoms with E-state index in [9.17, 15) is 18.9 Å². The summed E-state index contributed by atoms with van der Waals surface area (Å²) < 4.78 is 11.4. The van der Waals surface area contributed by atoms with Gasteiger partial charge in [-0.2, -0.15) is 0 Å². The Bertz CT molecular complexity index is 304. The van der Waals surface area contributed by atoms with Gasteiger partial charge in [0.25, 0.3) is 0 Å². The number of primary amides is 1. The molecule has 1 rings (SSSR count). The minimum absolute atomic E-state index is 0.00949. The molecule has 0 radical (unpaired) electrons. The third kappa shape index (κ3) is 2.79. The summed E-state index contributed by atoms with van der Waals surface area (Å²) >= 11 is -1.75. The zero-order valence-corrected chi connectivity index (χ0v) is 9.21. The van der Waals surface area contributed by atoms with E-state index in [4.69, 9.17) is 5.73 Å². The lowest BCUT2D eigenvalue weighted by molar-refractivity contribution is -0.125. The predicted octanol–water partition coefficient (Wildman–Crippen LogP) is -0.495. The fourth-order valence-corrected chi connectivity index (χ4v) is 2.91. The molecule has 1 aliphatic carbocycles. The number of nitrogens with two attached hydrogens (primary N) is 1. The van der Waals surface area contributed by atoms with Crippen LogP contribution >= 0.6 is 0 Å². The SMILES string of the molecule is CC(=O)[S+]([O-])C1CCC(CC(N)=O)C1=O. The van der Waals surface area contributed by atoms with E-state index in [1.807, 2.05) is 0 Å². The van der Waals surface area contributed by atoms with E-state index in [1.54, 1.807) is 0 Å². The van der Waals surface area contributed by atoms with E-state index < -0.39 is 33.4 Å². The lowest BCUT2D eigenvalue weighted by atomic mass is 10.0. The number of carbonyl (C=O) groups excluding carboxylic acids is 3. The molecular formula is C9H13NO4S. The van der Waals surface area contributed by atoms with E-state index in [0.29, 0.717) is 12.8 Å². The molecule has 0 bridgehead atoms. The minimum atomic E-state index is -1.75. The third-order valence-electron chi connectivity index (χ3n) is 2.49. The zero-order chi connectivity index (χ0) is 11.6. The number of hydrogen-bond donors (Lipinski definition) is 1. The Balaban J connectivity index is 2.63. The molecule has 0 aromatic carbocycles. The summed E-state index contributed by atoms with van der Waals surface area (Å²) in [6.07, 6.45) is 0.888. The smallest absolute Gasteiger partial charge is 0.326 e. The van der Waals surface area contributed by atoms with Gasteiger partial charge < -0.3 is 10.3 Å². The van der Waals surface area contributed by atoms with Gasteiger partial charge in [0.15, 0.2) is 11.0 Å². The second-order valence-corrected chi connectivity index (χ2v) is 5.36. The van der Waals surface area contributed by atoms with Crippen molar-refractivity contribution in [2.75, 3.05) is 0 Å². The molecule has 3 atom stereocenters. The zero-order valence-electron chi connectivity index (χ0n) is 8.39. The van der Waals surface area contributed by atoms with Gasteiger partial charge >= 0.3 is 5.12 Å². The normalized spacial score (nSPS) is 27.7. The molecule has 0 saturated heterocycles. The molecule has 15 heavy (non-hydrogen) atoms. The van der Waals surface area contributed by atoms with Crippen LogP contribution in [0.2, 0.25) is 0 Å². The number of amides is 1. The molecule has 1 amide bonds. The fraction of sp³-hybridized carbons (Fsp3) is 0.667. The number of ketones is 1. The van der Waals surface area contributed by atoms with Crippen LogP contribution in [-0.2, 0) is 25.6 Å². The molecule has 1 fully saturated rings. The molecule has 84 valence electrons. The van der Waals surface area contributed by atoms with Crippen molar-refractivity contribution in [3.8, 4) is 0 Å². The Kier molecular flexibility index (Phi) is 3.87. The Morgan fingerprint density at radius 1 is 1.53 bits per heavy atom. The fourth-order valence-electron chi connectivity index (χ4n) is 1.76. The molecule has 0 heterocycles. The van der Waals surface area contributed by atoms with E-state index >= 15 is 0 Å². The predicted molar refractivity (Wildman–Crippen MR) is 54.2 cm³/mol. The van der Waals surface area contributed by atoms with Gasteiger partial charge in [-0.05, 0) is 6.42 Å². The van der Waals surface area contributed by atoms with Crippen molar-refractivity contribution in [1.82, 2.24) is 0 Å².